The van der Waals surface area contributed by atoms with Gasteiger partial charge in [0.2, 0.25) is 5.91 Å². The van der Waals surface area contributed by atoms with Gasteiger partial charge >= 0.3 is 0 Å². The zero-order valence-corrected chi connectivity index (χ0v) is 13.9. The molecule has 1 aromatic heterocycles. The molecule has 0 fully saturated rings. The van der Waals surface area contributed by atoms with Crippen LogP contribution < -0.4 is 14.8 Å². The zero-order chi connectivity index (χ0) is 17.5. The Kier molecular flexibility index (Phi) is 5.83. The average Bonchev–Trinajstić information content (AvgIpc) is 3.12. The lowest BCUT2D eigenvalue weighted by Gasteiger charge is -2.18. The van der Waals surface area contributed by atoms with Crippen LogP contribution in [0.5, 0.6) is 11.5 Å². The highest BCUT2D eigenvalue weighted by Gasteiger charge is 2.19. The van der Waals surface area contributed by atoms with Crippen LogP contribution in [0.15, 0.2) is 41.0 Å². The van der Waals surface area contributed by atoms with Gasteiger partial charge in [-0.15, -0.1) is 0 Å². The van der Waals surface area contributed by atoms with Gasteiger partial charge in [-0.25, -0.2) is 0 Å². The number of amides is 2. The van der Waals surface area contributed by atoms with E-state index in [-0.39, 0.29) is 24.9 Å². The largest absolute Gasteiger partial charge is 0.497 e. The van der Waals surface area contributed by atoms with Crippen molar-refractivity contribution in [2.45, 2.75) is 6.54 Å². The maximum absolute atomic E-state index is 12.6. The van der Waals surface area contributed by atoms with Crippen LogP contribution in [-0.2, 0) is 11.3 Å². The number of rotatable bonds is 7. The van der Waals surface area contributed by atoms with Crippen molar-refractivity contribution in [2.24, 2.45) is 0 Å². The summed E-state index contributed by atoms with van der Waals surface area (Å²) in [5, 5.41) is 2.69. The molecule has 0 saturated carbocycles. The van der Waals surface area contributed by atoms with Crippen LogP contribution in [-0.4, -0.2) is 44.5 Å². The number of hydrogen-bond donors (Lipinski definition) is 1. The lowest BCUT2D eigenvalue weighted by molar-refractivity contribution is -0.121. The molecular weight excluding hydrogens is 312 g/mol. The number of hydrogen-bond acceptors (Lipinski definition) is 5. The van der Waals surface area contributed by atoms with Crippen molar-refractivity contribution >= 4 is 11.8 Å². The topological polar surface area (TPSA) is 81.0 Å². The average molecular weight is 332 g/mol. The summed E-state index contributed by atoms with van der Waals surface area (Å²) in [6.07, 6.45) is 1.53. The van der Waals surface area contributed by atoms with Gasteiger partial charge in [0.05, 0.1) is 39.1 Å². The van der Waals surface area contributed by atoms with E-state index in [4.69, 9.17) is 13.9 Å². The fourth-order valence-corrected chi connectivity index (χ4v) is 2.13. The smallest absolute Gasteiger partial charge is 0.257 e. The van der Waals surface area contributed by atoms with Crippen molar-refractivity contribution in [3.05, 3.63) is 47.9 Å². The van der Waals surface area contributed by atoms with Gasteiger partial charge in [-0.2, -0.15) is 0 Å². The van der Waals surface area contributed by atoms with Gasteiger partial charge in [-0.3, -0.25) is 9.59 Å². The number of ether oxygens (including phenoxy) is 2. The van der Waals surface area contributed by atoms with Crippen LogP contribution in [0.3, 0.4) is 0 Å². The highest BCUT2D eigenvalue weighted by molar-refractivity contribution is 5.99. The summed E-state index contributed by atoms with van der Waals surface area (Å²) in [5.41, 5.74) is 0.332. The predicted octanol–water partition coefficient (Wildman–Crippen LogP) is 1.69. The highest BCUT2D eigenvalue weighted by atomic mass is 16.5. The number of benzene rings is 1. The number of carbonyl (C=O) groups excluding carboxylic acids is 2. The number of likely N-dealkylation sites (N-methyl/N-ethyl adjacent to an activating group) is 1. The molecule has 0 aliphatic heterocycles. The molecule has 0 spiro atoms. The maximum atomic E-state index is 12.6. The Labute approximate surface area is 140 Å². The second-order valence-corrected chi connectivity index (χ2v) is 5.08. The Morgan fingerprint density at radius 2 is 2.00 bits per heavy atom. The maximum Gasteiger partial charge on any atom is 0.257 e. The number of nitrogens with one attached hydrogen (secondary N) is 1. The van der Waals surface area contributed by atoms with Gasteiger partial charge in [0.25, 0.3) is 5.91 Å². The SMILES string of the molecule is COc1ccc(OC)c(C(=O)N(C)CC(=O)NCc2ccco2)c1. The standard InChI is InChI=1S/C17H20N2O5/c1-19(11-16(20)18-10-13-5-4-8-24-13)17(21)14-9-12(22-2)6-7-15(14)23-3/h4-9H,10-11H2,1-3H3,(H,18,20). The molecule has 24 heavy (non-hydrogen) atoms. The van der Waals surface area contributed by atoms with E-state index in [1.54, 1.807) is 37.4 Å². The summed E-state index contributed by atoms with van der Waals surface area (Å²) in [7, 11) is 4.55. The van der Waals surface area contributed by atoms with Gasteiger partial charge in [0.15, 0.2) is 0 Å². The molecular formula is C17H20N2O5. The normalized spacial score (nSPS) is 10.1. The fourth-order valence-electron chi connectivity index (χ4n) is 2.13. The van der Waals surface area contributed by atoms with E-state index in [2.05, 4.69) is 5.32 Å². The lowest BCUT2D eigenvalue weighted by Crippen LogP contribution is -2.38. The van der Waals surface area contributed by atoms with Crippen molar-refractivity contribution in [3.63, 3.8) is 0 Å². The van der Waals surface area contributed by atoms with Crippen LogP contribution in [0.25, 0.3) is 0 Å². The fraction of sp³-hybridized carbons (Fsp3) is 0.294. The van der Waals surface area contributed by atoms with Crippen molar-refractivity contribution in [1.82, 2.24) is 10.2 Å². The van der Waals surface area contributed by atoms with E-state index in [0.717, 1.165) is 0 Å². The van der Waals surface area contributed by atoms with Crippen LogP contribution in [0.1, 0.15) is 16.1 Å². The quantitative estimate of drug-likeness (QED) is 0.834. The van der Waals surface area contributed by atoms with E-state index < -0.39 is 0 Å². The molecule has 1 heterocycles. The molecule has 0 atom stereocenters. The third-order valence-electron chi connectivity index (χ3n) is 3.40. The second-order valence-electron chi connectivity index (χ2n) is 5.08. The first kappa shape index (κ1) is 17.4. The Hall–Kier alpha value is -2.96. The first-order chi connectivity index (χ1) is 11.5. The molecule has 7 nitrogen and oxygen atoms in total. The molecule has 1 N–H and O–H groups in total. The molecule has 2 aromatic rings. The zero-order valence-electron chi connectivity index (χ0n) is 13.9. The third kappa shape index (κ3) is 4.28. The van der Waals surface area contributed by atoms with E-state index in [1.807, 2.05) is 0 Å². The second kappa shape index (κ2) is 8.05. The van der Waals surface area contributed by atoms with Crippen LogP contribution in [0.4, 0.5) is 0 Å². The minimum atomic E-state index is -0.334. The summed E-state index contributed by atoms with van der Waals surface area (Å²) in [5.74, 6) is 0.980. The first-order valence-electron chi connectivity index (χ1n) is 7.31. The molecule has 0 unspecified atom stereocenters. The summed E-state index contributed by atoms with van der Waals surface area (Å²) in [4.78, 5) is 25.8. The molecule has 0 bridgehead atoms. The minimum absolute atomic E-state index is 0.0834. The summed E-state index contributed by atoms with van der Waals surface area (Å²) in [6.45, 7) is 0.191. The van der Waals surface area contributed by atoms with Crippen molar-refractivity contribution in [2.75, 3.05) is 27.8 Å². The molecule has 7 heteroatoms. The molecule has 0 aliphatic carbocycles. The van der Waals surface area contributed by atoms with Gasteiger partial charge in [-0.1, -0.05) is 0 Å². The summed E-state index contributed by atoms with van der Waals surface area (Å²) >= 11 is 0. The molecule has 0 saturated heterocycles. The Balaban J connectivity index is 1.99. The van der Waals surface area contributed by atoms with Crippen molar-refractivity contribution in [3.8, 4) is 11.5 Å². The van der Waals surface area contributed by atoms with Gasteiger partial charge in [0, 0.05) is 7.05 Å². The highest BCUT2D eigenvalue weighted by Crippen LogP contribution is 2.24. The van der Waals surface area contributed by atoms with Gasteiger partial charge in [-0.05, 0) is 30.3 Å². The number of nitrogens with zero attached hydrogens (tertiary/aromatic N) is 1. The summed E-state index contributed by atoms with van der Waals surface area (Å²) < 4.78 is 15.5. The molecule has 2 amide bonds. The molecule has 0 radical (unpaired) electrons. The van der Waals surface area contributed by atoms with Crippen LogP contribution in [0, 0.1) is 0 Å². The van der Waals surface area contributed by atoms with Crippen molar-refractivity contribution < 1.29 is 23.5 Å². The lowest BCUT2D eigenvalue weighted by atomic mass is 10.1. The van der Waals surface area contributed by atoms with E-state index in [1.165, 1.54) is 25.4 Å². The monoisotopic (exact) mass is 332 g/mol. The Morgan fingerprint density at radius 1 is 1.21 bits per heavy atom. The number of methoxy groups -OCH3 is 2. The van der Waals surface area contributed by atoms with E-state index in [9.17, 15) is 9.59 Å². The number of furan rings is 1. The molecule has 1 aromatic carbocycles. The Bertz CT molecular complexity index is 697. The number of carbonyl (C=O) groups is 2. The van der Waals surface area contributed by atoms with Gasteiger partial charge in [0.1, 0.15) is 17.3 Å². The van der Waals surface area contributed by atoms with Crippen LogP contribution in [0.2, 0.25) is 0 Å². The van der Waals surface area contributed by atoms with Crippen LogP contribution >= 0.6 is 0 Å². The molecule has 128 valence electrons. The van der Waals surface area contributed by atoms with Crippen molar-refractivity contribution in [1.29, 1.82) is 0 Å². The van der Waals surface area contributed by atoms with E-state index >= 15 is 0 Å². The first-order valence-corrected chi connectivity index (χ1v) is 7.31. The molecule has 2 rings (SSSR count). The Morgan fingerprint density at radius 3 is 2.62 bits per heavy atom. The van der Waals surface area contributed by atoms with Gasteiger partial charge < -0.3 is 24.1 Å². The minimum Gasteiger partial charge on any atom is -0.497 e. The van der Waals surface area contributed by atoms with E-state index in [0.29, 0.717) is 22.8 Å². The third-order valence-corrected chi connectivity index (χ3v) is 3.40. The predicted molar refractivity (Wildman–Crippen MR) is 87.1 cm³/mol. The molecule has 0 aliphatic rings. The summed E-state index contributed by atoms with van der Waals surface area (Å²) in [6, 6.07) is 8.43.